The predicted molar refractivity (Wildman–Crippen MR) is 149 cm³/mol. The fraction of sp³-hybridized carbons (Fsp3) is 0.290. The van der Waals surface area contributed by atoms with E-state index in [0.29, 0.717) is 16.3 Å². The summed E-state index contributed by atoms with van der Waals surface area (Å²) in [7, 11) is 0. The van der Waals surface area contributed by atoms with E-state index >= 15 is 0 Å². The summed E-state index contributed by atoms with van der Waals surface area (Å²) in [5.41, 5.74) is 5.45. The molecule has 1 unspecified atom stereocenters. The van der Waals surface area contributed by atoms with E-state index in [1.165, 1.54) is 16.0 Å². The number of halogens is 1. The number of aliphatic hydroxyl groups excluding tert-OH is 1. The Bertz CT molecular complexity index is 1380. The summed E-state index contributed by atoms with van der Waals surface area (Å²) < 4.78 is 0. The van der Waals surface area contributed by atoms with Crippen LogP contribution in [0.4, 0.5) is 11.4 Å². The van der Waals surface area contributed by atoms with E-state index in [4.69, 9.17) is 11.6 Å². The first-order chi connectivity index (χ1) is 17.9. The van der Waals surface area contributed by atoms with E-state index in [1.54, 1.807) is 24.3 Å². The number of carbonyl (C=O) groups excluding carboxylic acids is 2. The zero-order chi connectivity index (χ0) is 26.1. The Labute approximate surface area is 223 Å². The number of hydrogen-bond acceptors (Lipinski definition) is 4. The van der Waals surface area contributed by atoms with Gasteiger partial charge < -0.3 is 10.0 Å². The third kappa shape index (κ3) is 4.64. The van der Waals surface area contributed by atoms with Crippen molar-refractivity contribution in [2.24, 2.45) is 0 Å². The summed E-state index contributed by atoms with van der Waals surface area (Å²) in [5.74, 6) is -1.53. The first-order valence-electron chi connectivity index (χ1n) is 13.0. The lowest BCUT2D eigenvalue weighted by molar-refractivity contribution is -0.132. The number of carbonyl (C=O) groups is 2. The highest BCUT2D eigenvalue weighted by Crippen LogP contribution is 2.43. The molecule has 0 spiro atoms. The Morgan fingerprint density at radius 2 is 1.65 bits per heavy atom. The standard InChI is InChI=1S/C31H31ClN2O3/c1-3-33(4-2)25-16-14-21(15-17-25)28-27(29(35)23-13-12-20-8-5-6-9-22(20)18-23)30(36)31(37)34(28)26-11-7-10-24(32)19-26/h7,10-19,28,35H,3-6,8-9H2,1-2H3/b29-27-. The van der Waals surface area contributed by atoms with Crippen LogP contribution >= 0.6 is 11.6 Å². The monoisotopic (exact) mass is 514 g/mol. The molecule has 1 heterocycles. The predicted octanol–water partition coefficient (Wildman–Crippen LogP) is 6.69. The highest BCUT2D eigenvalue weighted by molar-refractivity contribution is 6.51. The number of amides is 1. The first-order valence-corrected chi connectivity index (χ1v) is 13.3. The summed E-state index contributed by atoms with van der Waals surface area (Å²) in [6, 6.07) is 19.8. The number of hydrogen-bond donors (Lipinski definition) is 1. The van der Waals surface area contributed by atoms with Gasteiger partial charge in [-0.25, -0.2) is 0 Å². The molecule has 1 amide bonds. The summed E-state index contributed by atoms with van der Waals surface area (Å²) >= 11 is 6.26. The van der Waals surface area contributed by atoms with Crippen LogP contribution in [-0.4, -0.2) is 29.9 Å². The maximum atomic E-state index is 13.5. The molecule has 3 aromatic carbocycles. The van der Waals surface area contributed by atoms with Gasteiger partial charge in [-0.15, -0.1) is 0 Å². The number of Topliss-reactive ketones (excluding diaryl/α,β-unsaturated/α-hetero) is 1. The molecule has 1 N–H and O–H groups in total. The molecule has 3 aromatic rings. The van der Waals surface area contributed by atoms with E-state index in [-0.39, 0.29) is 11.3 Å². The fourth-order valence-corrected chi connectivity index (χ4v) is 5.72. The van der Waals surface area contributed by atoms with E-state index < -0.39 is 17.7 Å². The Morgan fingerprint density at radius 1 is 0.946 bits per heavy atom. The minimum atomic E-state index is -0.778. The van der Waals surface area contributed by atoms with Crippen LogP contribution in [0.3, 0.4) is 0 Å². The number of anilines is 2. The molecule has 0 radical (unpaired) electrons. The number of benzene rings is 3. The van der Waals surface area contributed by atoms with Gasteiger partial charge in [-0.05, 0) is 92.6 Å². The van der Waals surface area contributed by atoms with Crippen LogP contribution in [-0.2, 0) is 22.4 Å². The van der Waals surface area contributed by atoms with Gasteiger partial charge in [-0.2, -0.15) is 0 Å². The van der Waals surface area contributed by atoms with Crippen molar-refractivity contribution in [2.45, 2.75) is 45.6 Å². The summed E-state index contributed by atoms with van der Waals surface area (Å²) in [6.45, 7) is 5.94. The van der Waals surface area contributed by atoms with Crippen LogP contribution in [0.1, 0.15) is 55.0 Å². The summed E-state index contributed by atoms with van der Waals surface area (Å²) in [5, 5.41) is 12.0. The Balaban J connectivity index is 1.66. The van der Waals surface area contributed by atoms with Crippen LogP contribution in [0, 0.1) is 0 Å². The third-order valence-electron chi connectivity index (χ3n) is 7.49. The topological polar surface area (TPSA) is 60.9 Å². The Hall–Kier alpha value is -3.57. The number of ketones is 1. The normalized spacial score (nSPS) is 18.7. The second-order valence-corrected chi connectivity index (χ2v) is 10.0. The zero-order valence-corrected chi connectivity index (χ0v) is 22.0. The van der Waals surface area contributed by atoms with Gasteiger partial charge in [0.15, 0.2) is 0 Å². The van der Waals surface area contributed by atoms with E-state index in [0.717, 1.165) is 50.0 Å². The molecule has 37 heavy (non-hydrogen) atoms. The van der Waals surface area contributed by atoms with Crippen LogP contribution in [0.2, 0.25) is 5.02 Å². The maximum absolute atomic E-state index is 13.5. The Morgan fingerprint density at radius 3 is 2.32 bits per heavy atom. The van der Waals surface area contributed by atoms with Crippen LogP contribution in [0.15, 0.2) is 72.3 Å². The van der Waals surface area contributed by atoms with Crippen molar-refractivity contribution >= 4 is 40.4 Å². The average molecular weight is 515 g/mol. The SMILES string of the molecule is CCN(CC)c1ccc(C2/C(=C(/O)c3ccc4c(c3)CCCC4)C(=O)C(=O)N2c2cccc(Cl)c2)cc1. The molecule has 2 aliphatic rings. The number of nitrogens with zero attached hydrogens (tertiary/aromatic N) is 2. The molecule has 0 saturated carbocycles. The van der Waals surface area contributed by atoms with E-state index in [9.17, 15) is 14.7 Å². The molecule has 6 heteroatoms. The van der Waals surface area contributed by atoms with Crippen LogP contribution in [0.25, 0.3) is 5.76 Å². The van der Waals surface area contributed by atoms with Gasteiger partial charge in [0.2, 0.25) is 0 Å². The van der Waals surface area contributed by atoms with Crippen molar-refractivity contribution in [2.75, 3.05) is 22.9 Å². The molecule has 0 aromatic heterocycles. The van der Waals surface area contributed by atoms with Gasteiger partial charge in [-0.3, -0.25) is 14.5 Å². The van der Waals surface area contributed by atoms with Crippen LogP contribution in [0.5, 0.6) is 0 Å². The smallest absolute Gasteiger partial charge is 0.300 e. The van der Waals surface area contributed by atoms with Gasteiger partial charge in [0.25, 0.3) is 11.7 Å². The molecule has 1 fully saturated rings. The molecule has 1 saturated heterocycles. The molecular formula is C31H31ClN2O3. The molecule has 1 aliphatic heterocycles. The number of rotatable bonds is 6. The molecule has 1 atom stereocenters. The number of aliphatic hydroxyl groups is 1. The molecule has 0 bridgehead atoms. The van der Waals surface area contributed by atoms with Gasteiger partial charge in [-0.1, -0.05) is 41.9 Å². The van der Waals surface area contributed by atoms with Gasteiger partial charge >= 0.3 is 0 Å². The first kappa shape index (κ1) is 25.1. The van der Waals surface area contributed by atoms with Crippen LogP contribution < -0.4 is 9.80 Å². The average Bonchev–Trinajstić information content (AvgIpc) is 3.19. The van der Waals surface area contributed by atoms with E-state index in [1.807, 2.05) is 42.5 Å². The maximum Gasteiger partial charge on any atom is 0.300 e. The van der Waals surface area contributed by atoms with Crippen molar-refractivity contribution in [3.63, 3.8) is 0 Å². The zero-order valence-electron chi connectivity index (χ0n) is 21.2. The highest BCUT2D eigenvalue weighted by Gasteiger charge is 2.47. The number of aryl methyl sites for hydroxylation is 2. The lowest BCUT2D eigenvalue weighted by Gasteiger charge is -2.27. The number of fused-ring (bicyclic) bond motifs is 1. The van der Waals surface area contributed by atoms with Gasteiger partial charge in [0, 0.05) is 35.1 Å². The van der Waals surface area contributed by atoms with E-state index in [2.05, 4.69) is 18.7 Å². The third-order valence-corrected chi connectivity index (χ3v) is 7.73. The fourth-order valence-electron chi connectivity index (χ4n) is 5.53. The molecule has 1 aliphatic carbocycles. The minimum absolute atomic E-state index is 0.0938. The molecule has 5 nitrogen and oxygen atoms in total. The largest absolute Gasteiger partial charge is 0.507 e. The lowest BCUT2D eigenvalue weighted by atomic mass is 9.88. The van der Waals surface area contributed by atoms with Crippen molar-refractivity contribution < 1.29 is 14.7 Å². The second kappa shape index (κ2) is 10.4. The molecule has 5 rings (SSSR count). The van der Waals surface area contributed by atoms with Gasteiger partial charge in [0.05, 0.1) is 11.6 Å². The van der Waals surface area contributed by atoms with Crippen molar-refractivity contribution in [3.05, 3.63) is 99.6 Å². The Kier molecular flexibility index (Phi) is 7.07. The van der Waals surface area contributed by atoms with Crippen molar-refractivity contribution in [3.8, 4) is 0 Å². The minimum Gasteiger partial charge on any atom is -0.507 e. The lowest BCUT2D eigenvalue weighted by Crippen LogP contribution is -2.29. The second-order valence-electron chi connectivity index (χ2n) is 9.60. The summed E-state index contributed by atoms with van der Waals surface area (Å²) in [6.07, 6.45) is 4.24. The molecule has 190 valence electrons. The van der Waals surface area contributed by atoms with Crippen molar-refractivity contribution in [1.29, 1.82) is 0 Å². The molecular weight excluding hydrogens is 484 g/mol. The van der Waals surface area contributed by atoms with Gasteiger partial charge in [0.1, 0.15) is 5.76 Å². The van der Waals surface area contributed by atoms with Crippen molar-refractivity contribution in [1.82, 2.24) is 0 Å². The quantitative estimate of drug-likeness (QED) is 0.226. The highest BCUT2D eigenvalue weighted by atomic mass is 35.5. The summed E-state index contributed by atoms with van der Waals surface area (Å²) in [4.78, 5) is 30.6.